The first kappa shape index (κ1) is 16.7. The summed E-state index contributed by atoms with van der Waals surface area (Å²) in [5, 5.41) is 2.37. The van der Waals surface area contributed by atoms with Crippen LogP contribution in [0.15, 0.2) is 36.4 Å². The molecule has 2 aromatic rings. The number of primary amides is 1. The van der Waals surface area contributed by atoms with E-state index in [1.165, 1.54) is 16.3 Å². The first-order valence-electron chi connectivity index (χ1n) is 8.32. The van der Waals surface area contributed by atoms with Crippen molar-refractivity contribution in [1.82, 2.24) is 9.80 Å². The number of methoxy groups -OCH3 is 1. The number of nitrogens with zero attached hydrogens (tertiary/aromatic N) is 2. The Bertz CT molecular complexity index is 732. The highest BCUT2D eigenvalue weighted by Crippen LogP contribution is 2.23. The molecule has 1 saturated heterocycles. The monoisotopic (exact) mass is 327 g/mol. The van der Waals surface area contributed by atoms with Crippen molar-refractivity contribution < 1.29 is 9.53 Å². The Balaban J connectivity index is 1.76. The van der Waals surface area contributed by atoms with Crippen molar-refractivity contribution in [3.8, 4) is 5.75 Å². The summed E-state index contributed by atoms with van der Waals surface area (Å²) in [6, 6.07) is 12.6. The van der Waals surface area contributed by atoms with Crippen molar-refractivity contribution in [2.45, 2.75) is 6.54 Å². The van der Waals surface area contributed by atoms with E-state index in [1.54, 1.807) is 7.11 Å². The highest BCUT2D eigenvalue weighted by atomic mass is 16.5. The normalized spacial score (nSPS) is 20.0. The van der Waals surface area contributed by atoms with E-state index < -0.39 is 0 Å². The number of carbonyl (C=O) groups is 1. The maximum Gasteiger partial charge on any atom is 0.223 e. The molecule has 0 aromatic heterocycles. The summed E-state index contributed by atoms with van der Waals surface area (Å²) in [7, 11) is 3.73. The standard InChI is InChI=1S/C19H25N3O2/c1-21-7-8-22(13-17(12-21)19(20)23)11-14-3-4-16-10-18(24-2)6-5-15(16)9-14/h3-6,9-10,17H,7-8,11-13H2,1-2H3,(H2,20,23)/t17-/m0/s1. The van der Waals surface area contributed by atoms with Crippen molar-refractivity contribution in [1.29, 1.82) is 0 Å². The minimum atomic E-state index is -0.209. The van der Waals surface area contributed by atoms with Gasteiger partial charge in [-0.3, -0.25) is 9.69 Å². The predicted molar refractivity (Wildman–Crippen MR) is 96.0 cm³/mol. The lowest BCUT2D eigenvalue weighted by molar-refractivity contribution is -0.122. The molecule has 1 fully saturated rings. The average Bonchev–Trinajstić information content (AvgIpc) is 2.76. The molecule has 1 heterocycles. The number of fused-ring (bicyclic) bond motifs is 1. The van der Waals surface area contributed by atoms with Crippen molar-refractivity contribution in [3.63, 3.8) is 0 Å². The SMILES string of the molecule is COc1ccc2cc(CN3CCN(C)C[C@H](C(N)=O)C3)ccc2c1. The molecule has 24 heavy (non-hydrogen) atoms. The van der Waals surface area contributed by atoms with Gasteiger partial charge in [0.05, 0.1) is 13.0 Å². The van der Waals surface area contributed by atoms with Crippen LogP contribution in [0.1, 0.15) is 5.56 Å². The van der Waals surface area contributed by atoms with Gasteiger partial charge in [0.25, 0.3) is 0 Å². The predicted octanol–water partition coefficient (Wildman–Crippen LogP) is 1.70. The molecule has 0 saturated carbocycles. The molecule has 2 N–H and O–H groups in total. The van der Waals surface area contributed by atoms with E-state index >= 15 is 0 Å². The van der Waals surface area contributed by atoms with Gasteiger partial charge < -0.3 is 15.4 Å². The minimum Gasteiger partial charge on any atom is -0.497 e. The first-order chi connectivity index (χ1) is 11.5. The van der Waals surface area contributed by atoms with E-state index in [0.717, 1.165) is 38.5 Å². The van der Waals surface area contributed by atoms with E-state index in [4.69, 9.17) is 10.5 Å². The van der Waals surface area contributed by atoms with Crippen LogP contribution in [0.3, 0.4) is 0 Å². The van der Waals surface area contributed by atoms with Crippen LogP contribution in [0.2, 0.25) is 0 Å². The number of amides is 1. The quantitative estimate of drug-likeness (QED) is 0.928. The molecular weight excluding hydrogens is 302 g/mol. The summed E-state index contributed by atoms with van der Waals surface area (Å²) >= 11 is 0. The number of rotatable bonds is 4. The smallest absolute Gasteiger partial charge is 0.223 e. The molecule has 5 heteroatoms. The molecule has 1 atom stereocenters. The Kier molecular flexibility index (Phi) is 5.02. The van der Waals surface area contributed by atoms with E-state index in [1.807, 2.05) is 19.2 Å². The Morgan fingerprint density at radius 3 is 2.67 bits per heavy atom. The first-order valence-corrected chi connectivity index (χ1v) is 8.32. The second-order valence-electron chi connectivity index (χ2n) is 6.64. The summed E-state index contributed by atoms with van der Waals surface area (Å²) in [5.41, 5.74) is 6.80. The fraction of sp³-hybridized carbons (Fsp3) is 0.421. The van der Waals surface area contributed by atoms with Crippen LogP contribution >= 0.6 is 0 Å². The van der Waals surface area contributed by atoms with Crippen LogP contribution in [0.25, 0.3) is 10.8 Å². The Labute approximate surface area is 143 Å². The van der Waals surface area contributed by atoms with Gasteiger partial charge >= 0.3 is 0 Å². The summed E-state index contributed by atoms with van der Waals surface area (Å²) in [4.78, 5) is 16.1. The largest absolute Gasteiger partial charge is 0.497 e. The van der Waals surface area contributed by atoms with Gasteiger partial charge in [0.1, 0.15) is 5.75 Å². The number of likely N-dealkylation sites (N-methyl/N-ethyl adjacent to an activating group) is 1. The summed E-state index contributed by atoms with van der Waals surface area (Å²) in [6.07, 6.45) is 0. The van der Waals surface area contributed by atoms with Crippen LogP contribution in [-0.2, 0) is 11.3 Å². The molecule has 0 spiro atoms. The van der Waals surface area contributed by atoms with Gasteiger partial charge in [-0.25, -0.2) is 0 Å². The van der Waals surface area contributed by atoms with E-state index in [2.05, 4.69) is 34.1 Å². The molecule has 2 aromatic carbocycles. The number of nitrogens with two attached hydrogens (primary N) is 1. The Morgan fingerprint density at radius 2 is 1.92 bits per heavy atom. The number of carbonyl (C=O) groups excluding carboxylic acids is 1. The molecule has 0 radical (unpaired) electrons. The zero-order chi connectivity index (χ0) is 17.1. The van der Waals surface area contributed by atoms with Crippen molar-refractivity contribution in [2.24, 2.45) is 11.7 Å². The van der Waals surface area contributed by atoms with Gasteiger partial charge in [0, 0.05) is 32.7 Å². The highest BCUT2D eigenvalue weighted by Gasteiger charge is 2.24. The van der Waals surface area contributed by atoms with Crippen LogP contribution in [0, 0.1) is 5.92 Å². The maximum atomic E-state index is 11.6. The molecule has 1 amide bonds. The number of benzene rings is 2. The molecule has 1 aliphatic rings. The highest BCUT2D eigenvalue weighted by molar-refractivity contribution is 5.84. The van der Waals surface area contributed by atoms with Crippen molar-refractivity contribution in [3.05, 3.63) is 42.0 Å². The lowest BCUT2D eigenvalue weighted by Crippen LogP contribution is -2.37. The summed E-state index contributed by atoms with van der Waals surface area (Å²) in [5.74, 6) is 0.552. The van der Waals surface area contributed by atoms with Crippen molar-refractivity contribution in [2.75, 3.05) is 40.3 Å². The van der Waals surface area contributed by atoms with Gasteiger partial charge in [-0.15, -0.1) is 0 Å². The molecule has 128 valence electrons. The molecule has 3 rings (SSSR count). The van der Waals surface area contributed by atoms with Gasteiger partial charge in [-0.2, -0.15) is 0 Å². The van der Waals surface area contributed by atoms with E-state index in [-0.39, 0.29) is 11.8 Å². The molecule has 0 aliphatic carbocycles. The van der Waals surface area contributed by atoms with Crippen LogP contribution in [-0.4, -0.2) is 56.0 Å². The summed E-state index contributed by atoms with van der Waals surface area (Å²) in [6.45, 7) is 4.19. The zero-order valence-corrected chi connectivity index (χ0v) is 14.4. The number of ether oxygens (including phenoxy) is 1. The van der Waals surface area contributed by atoms with Gasteiger partial charge in [-0.1, -0.05) is 18.2 Å². The lowest BCUT2D eigenvalue weighted by Gasteiger charge is -2.22. The van der Waals surface area contributed by atoms with E-state index in [9.17, 15) is 4.79 Å². The Hall–Kier alpha value is -2.11. The number of hydrogen-bond donors (Lipinski definition) is 1. The molecule has 0 bridgehead atoms. The van der Waals surface area contributed by atoms with Crippen LogP contribution in [0.5, 0.6) is 5.75 Å². The fourth-order valence-electron chi connectivity index (χ4n) is 3.32. The summed E-state index contributed by atoms with van der Waals surface area (Å²) < 4.78 is 5.28. The van der Waals surface area contributed by atoms with Gasteiger partial charge in [0.2, 0.25) is 5.91 Å². The molecule has 0 unspecified atom stereocenters. The topological polar surface area (TPSA) is 58.8 Å². The van der Waals surface area contributed by atoms with Gasteiger partial charge in [-0.05, 0) is 41.6 Å². The van der Waals surface area contributed by atoms with Crippen LogP contribution < -0.4 is 10.5 Å². The third-order valence-corrected chi connectivity index (χ3v) is 4.73. The zero-order valence-electron chi connectivity index (χ0n) is 14.4. The molecule has 5 nitrogen and oxygen atoms in total. The number of hydrogen-bond acceptors (Lipinski definition) is 4. The third kappa shape index (κ3) is 3.86. The fourth-order valence-corrected chi connectivity index (χ4v) is 3.32. The van der Waals surface area contributed by atoms with Gasteiger partial charge in [0.15, 0.2) is 0 Å². The molecule has 1 aliphatic heterocycles. The maximum absolute atomic E-state index is 11.6. The second kappa shape index (κ2) is 7.20. The van der Waals surface area contributed by atoms with Crippen LogP contribution in [0.4, 0.5) is 0 Å². The molecular formula is C19H25N3O2. The second-order valence-corrected chi connectivity index (χ2v) is 6.64. The lowest BCUT2D eigenvalue weighted by atomic mass is 10.1. The Morgan fingerprint density at radius 1 is 1.17 bits per heavy atom. The minimum absolute atomic E-state index is 0.109. The van der Waals surface area contributed by atoms with Crippen molar-refractivity contribution >= 4 is 16.7 Å². The third-order valence-electron chi connectivity index (χ3n) is 4.73. The van der Waals surface area contributed by atoms with E-state index in [0.29, 0.717) is 0 Å². The average molecular weight is 327 g/mol.